The zero-order chi connectivity index (χ0) is 22.2. The molecular formula is C27H24ClN3O. The predicted octanol–water partition coefficient (Wildman–Crippen LogP) is 7.29. The molecule has 2 atom stereocenters. The molecule has 4 aromatic rings. The zero-order valence-electron chi connectivity index (χ0n) is 18.3. The molecule has 0 aliphatic carbocycles. The van der Waals surface area contributed by atoms with E-state index >= 15 is 0 Å². The van der Waals surface area contributed by atoms with Gasteiger partial charge in [0.05, 0.1) is 12.3 Å². The van der Waals surface area contributed by atoms with Gasteiger partial charge in [0.1, 0.15) is 16.9 Å². The molecule has 3 heterocycles. The number of hydrogen-bond donors (Lipinski definition) is 0. The fraction of sp³-hybridized carbons (Fsp3) is 0.185. The Morgan fingerprint density at radius 2 is 1.88 bits per heavy atom. The molecule has 0 saturated carbocycles. The largest absolute Gasteiger partial charge is 0.464 e. The van der Waals surface area contributed by atoms with Crippen molar-refractivity contribution in [3.8, 4) is 11.1 Å². The van der Waals surface area contributed by atoms with Crippen molar-refractivity contribution in [2.75, 3.05) is 0 Å². The molecule has 5 heteroatoms. The number of nitrogens with zero attached hydrogens (tertiary/aromatic N) is 3. The third kappa shape index (κ3) is 3.71. The van der Waals surface area contributed by atoms with Gasteiger partial charge in [0.2, 0.25) is 0 Å². The lowest BCUT2D eigenvalue weighted by Gasteiger charge is -2.38. The van der Waals surface area contributed by atoms with Gasteiger partial charge in [-0.05, 0) is 85.5 Å². The molecule has 1 aliphatic rings. The second-order valence-electron chi connectivity index (χ2n) is 8.19. The van der Waals surface area contributed by atoms with Gasteiger partial charge in [0.25, 0.3) is 0 Å². The smallest absolute Gasteiger partial charge is 0.134 e. The Kier molecular flexibility index (Phi) is 5.32. The van der Waals surface area contributed by atoms with Crippen LogP contribution < -0.4 is 0 Å². The first-order valence-electron chi connectivity index (χ1n) is 10.7. The summed E-state index contributed by atoms with van der Waals surface area (Å²) in [6, 6.07) is 18.9. The third-order valence-corrected chi connectivity index (χ3v) is 6.35. The molecule has 32 heavy (non-hydrogen) atoms. The topological polar surface area (TPSA) is 41.6 Å². The van der Waals surface area contributed by atoms with Crippen molar-refractivity contribution < 1.29 is 4.42 Å². The summed E-state index contributed by atoms with van der Waals surface area (Å²) >= 11 is 5.97. The van der Waals surface area contributed by atoms with E-state index in [1.165, 1.54) is 5.56 Å². The van der Waals surface area contributed by atoms with Crippen LogP contribution in [-0.2, 0) is 0 Å². The summed E-state index contributed by atoms with van der Waals surface area (Å²) in [5, 5.41) is 1.64. The van der Waals surface area contributed by atoms with Gasteiger partial charge in [0.15, 0.2) is 0 Å². The average Bonchev–Trinajstić information content (AvgIpc) is 3.19. The highest BCUT2D eigenvalue weighted by Crippen LogP contribution is 2.36. The van der Waals surface area contributed by atoms with Crippen LogP contribution in [0, 0.1) is 6.92 Å². The van der Waals surface area contributed by atoms with Gasteiger partial charge in [-0.15, -0.1) is 0 Å². The first-order valence-corrected chi connectivity index (χ1v) is 11.1. The molecule has 5 rings (SSSR count). The van der Waals surface area contributed by atoms with Gasteiger partial charge in [-0.2, -0.15) is 0 Å². The van der Waals surface area contributed by atoms with Gasteiger partial charge in [-0.3, -0.25) is 4.99 Å². The summed E-state index contributed by atoms with van der Waals surface area (Å²) < 4.78 is 5.65. The number of pyridine rings is 1. The highest BCUT2D eigenvalue weighted by molar-refractivity contribution is 6.29. The Hall–Kier alpha value is -3.37. The van der Waals surface area contributed by atoms with Crippen LogP contribution in [0.15, 0.2) is 82.5 Å². The maximum absolute atomic E-state index is 5.97. The second-order valence-corrected chi connectivity index (χ2v) is 8.58. The highest BCUT2D eigenvalue weighted by Gasteiger charge is 2.26. The van der Waals surface area contributed by atoms with Crippen molar-refractivity contribution in [1.29, 1.82) is 0 Å². The van der Waals surface area contributed by atoms with E-state index in [1.807, 2.05) is 36.9 Å². The molecule has 0 amide bonds. The number of fused-ring (bicyclic) bond motifs is 1. The summed E-state index contributed by atoms with van der Waals surface area (Å²) in [6.45, 7) is 6.44. The van der Waals surface area contributed by atoms with Crippen molar-refractivity contribution in [2.24, 2.45) is 4.99 Å². The van der Waals surface area contributed by atoms with Crippen molar-refractivity contribution in [1.82, 2.24) is 9.88 Å². The lowest BCUT2D eigenvalue weighted by molar-refractivity contribution is 0.252. The Morgan fingerprint density at radius 1 is 1.03 bits per heavy atom. The Morgan fingerprint density at radius 3 is 2.69 bits per heavy atom. The van der Waals surface area contributed by atoms with Crippen molar-refractivity contribution in [2.45, 2.75) is 33.0 Å². The molecule has 0 fully saturated rings. The lowest BCUT2D eigenvalue weighted by atomic mass is 9.97. The SMILES string of the molecule is Cc1coc2ccc(C3=CC=NC(C)N3[C@@H](C)c3cccc(-c4ccc(Cl)nc4)c3)cc12. The quantitative estimate of drug-likeness (QED) is 0.312. The summed E-state index contributed by atoms with van der Waals surface area (Å²) in [7, 11) is 0. The number of allylic oxidation sites excluding steroid dienone is 1. The first-order chi connectivity index (χ1) is 15.5. The highest BCUT2D eigenvalue weighted by atomic mass is 35.5. The fourth-order valence-electron chi connectivity index (χ4n) is 4.38. The van der Waals surface area contributed by atoms with Crippen LogP contribution in [-0.4, -0.2) is 22.3 Å². The third-order valence-electron chi connectivity index (χ3n) is 6.12. The van der Waals surface area contributed by atoms with E-state index in [-0.39, 0.29) is 12.2 Å². The minimum Gasteiger partial charge on any atom is -0.464 e. The van der Waals surface area contributed by atoms with E-state index in [0.717, 1.165) is 38.9 Å². The number of aromatic nitrogens is 1. The van der Waals surface area contributed by atoms with Crippen LogP contribution in [0.2, 0.25) is 5.15 Å². The van der Waals surface area contributed by atoms with E-state index in [4.69, 9.17) is 16.0 Å². The fourth-order valence-corrected chi connectivity index (χ4v) is 4.49. The summed E-state index contributed by atoms with van der Waals surface area (Å²) in [5.74, 6) is 0. The molecule has 1 unspecified atom stereocenters. The molecule has 160 valence electrons. The van der Waals surface area contributed by atoms with Crippen LogP contribution in [0.25, 0.3) is 27.8 Å². The van der Waals surface area contributed by atoms with E-state index in [1.54, 1.807) is 0 Å². The molecule has 0 spiro atoms. The first kappa shape index (κ1) is 20.5. The van der Waals surface area contributed by atoms with E-state index in [0.29, 0.717) is 5.15 Å². The minimum absolute atomic E-state index is 0.0204. The van der Waals surface area contributed by atoms with Crippen molar-refractivity contribution in [3.05, 3.63) is 95.0 Å². The van der Waals surface area contributed by atoms with Crippen LogP contribution in [0.3, 0.4) is 0 Å². The molecule has 0 bridgehead atoms. The van der Waals surface area contributed by atoms with Crippen LogP contribution in [0.4, 0.5) is 0 Å². The number of rotatable bonds is 4. The molecule has 0 saturated heterocycles. The predicted molar refractivity (Wildman–Crippen MR) is 132 cm³/mol. The van der Waals surface area contributed by atoms with E-state index in [9.17, 15) is 0 Å². The molecule has 1 aliphatic heterocycles. The van der Waals surface area contributed by atoms with Crippen LogP contribution in [0.5, 0.6) is 0 Å². The monoisotopic (exact) mass is 441 g/mol. The van der Waals surface area contributed by atoms with Crippen molar-refractivity contribution in [3.63, 3.8) is 0 Å². The van der Waals surface area contributed by atoms with Gasteiger partial charge in [-0.25, -0.2) is 4.98 Å². The summed E-state index contributed by atoms with van der Waals surface area (Å²) in [6.07, 6.45) is 7.65. The maximum Gasteiger partial charge on any atom is 0.134 e. The van der Waals surface area contributed by atoms with Gasteiger partial charge < -0.3 is 9.32 Å². The number of hydrogen-bond acceptors (Lipinski definition) is 4. The second kappa shape index (κ2) is 8.29. The molecule has 4 nitrogen and oxygen atoms in total. The molecule has 0 N–H and O–H groups in total. The Labute approximate surface area is 192 Å². The number of aliphatic imine (C=N–C) groups is 1. The Balaban J connectivity index is 1.52. The molecule has 2 aromatic carbocycles. The number of benzene rings is 2. The number of halogens is 1. The Bertz CT molecular complexity index is 1340. The summed E-state index contributed by atoms with van der Waals surface area (Å²) in [4.78, 5) is 11.3. The molecular weight excluding hydrogens is 418 g/mol. The standard InChI is InChI=1S/C27H24ClN3O/c1-17-16-32-26-9-7-22(14-24(17)26)25-11-12-29-19(3)31(25)18(2)20-5-4-6-21(13-20)23-8-10-27(28)30-15-23/h4-16,18-19H,1-3H3/t18-,19?/m0/s1. The summed E-state index contributed by atoms with van der Waals surface area (Å²) in [5.41, 5.74) is 7.74. The molecule has 0 radical (unpaired) electrons. The van der Waals surface area contributed by atoms with E-state index < -0.39 is 0 Å². The minimum atomic E-state index is 0.0204. The average molecular weight is 442 g/mol. The normalized spacial score (nSPS) is 16.9. The zero-order valence-corrected chi connectivity index (χ0v) is 19.0. The lowest BCUT2D eigenvalue weighted by Crippen LogP contribution is -2.34. The number of aryl methyl sites for hydroxylation is 1. The van der Waals surface area contributed by atoms with Crippen LogP contribution >= 0.6 is 11.6 Å². The van der Waals surface area contributed by atoms with Crippen LogP contribution in [0.1, 0.15) is 36.6 Å². The number of furan rings is 1. The van der Waals surface area contributed by atoms with Crippen molar-refractivity contribution >= 4 is 34.5 Å². The van der Waals surface area contributed by atoms with Gasteiger partial charge >= 0.3 is 0 Å². The van der Waals surface area contributed by atoms with Gasteiger partial charge in [0, 0.05) is 29.1 Å². The van der Waals surface area contributed by atoms with E-state index in [2.05, 4.69) is 78.1 Å². The molecule has 2 aromatic heterocycles. The maximum atomic E-state index is 5.97. The van der Waals surface area contributed by atoms with Gasteiger partial charge in [-0.1, -0.05) is 29.8 Å².